The third-order valence-corrected chi connectivity index (χ3v) is 3.46. The number of aliphatic carboxylic acids is 1. The minimum atomic E-state index is -4.47. The van der Waals surface area contributed by atoms with E-state index in [0.717, 1.165) is 11.3 Å². The lowest BCUT2D eigenvalue weighted by atomic mass is 10.1. The molecular formula is C10H12F3NO2S. The van der Waals surface area contributed by atoms with Crippen molar-refractivity contribution in [2.45, 2.75) is 38.8 Å². The molecule has 0 saturated carbocycles. The van der Waals surface area contributed by atoms with Crippen molar-refractivity contribution in [3.8, 4) is 0 Å². The van der Waals surface area contributed by atoms with E-state index in [1.807, 2.05) is 0 Å². The number of thiazole rings is 1. The molecule has 0 saturated heterocycles. The van der Waals surface area contributed by atoms with E-state index >= 15 is 0 Å². The van der Waals surface area contributed by atoms with Crippen LogP contribution in [0.4, 0.5) is 13.2 Å². The van der Waals surface area contributed by atoms with Gasteiger partial charge in [-0.1, -0.05) is 13.8 Å². The smallest absolute Gasteiger partial charge is 0.434 e. The Kier molecular flexibility index (Phi) is 4.13. The molecule has 96 valence electrons. The number of aromatic nitrogens is 1. The number of carbonyl (C=O) groups is 1. The van der Waals surface area contributed by atoms with Gasteiger partial charge in [0.05, 0.1) is 11.4 Å². The highest BCUT2D eigenvalue weighted by molar-refractivity contribution is 7.11. The van der Waals surface area contributed by atoms with Gasteiger partial charge in [0.1, 0.15) is 0 Å². The molecule has 0 bridgehead atoms. The second-order valence-corrected chi connectivity index (χ2v) is 4.98. The molecule has 1 aromatic heterocycles. The molecule has 0 radical (unpaired) electrons. The minimum absolute atomic E-state index is 0.0375. The number of carboxylic acid groups (broad SMARTS) is 1. The molecule has 1 heterocycles. The van der Waals surface area contributed by atoms with E-state index < -0.39 is 17.8 Å². The van der Waals surface area contributed by atoms with Crippen molar-refractivity contribution >= 4 is 17.3 Å². The first-order valence-corrected chi connectivity index (χ1v) is 5.82. The summed E-state index contributed by atoms with van der Waals surface area (Å²) >= 11 is 0.942. The molecule has 17 heavy (non-hydrogen) atoms. The lowest BCUT2D eigenvalue weighted by Gasteiger charge is -2.07. The Morgan fingerprint density at radius 3 is 2.41 bits per heavy atom. The highest BCUT2D eigenvalue weighted by Gasteiger charge is 2.37. The highest BCUT2D eigenvalue weighted by atomic mass is 32.1. The van der Waals surface area contributed by atoms with Gasteiger partial charge in [0, 0.05) is 11.3 Å². The Morgan fingerprint density at radius 2 is 2.06 bits per heavy atom. The van der Waals surface area contributed by atoms with E-state index in [-0.39, 0.29) is 28.6 Å². The summed E-state index contributed by atoms with van der Waals surface area (Å²) in [5, 5.41) is 8.70. The Balaban J connectivity index is 3.00. The zero-order valence-electron chi connectivity index (χ0n) is 9.34. The van der Waals surface area contributed by atoms with Gasteiger partial charge in [0.25, 0.3) is 0 Å². The van der Waals surface area contributed by atoms with Gasteiger partial charge < -0.3 is 5.11 Å². The Hall–Kier alpha value is -1.11. The number of alkyl halides is 3. The highest BCUT2D eigenvalue weighted by Crippen LogP contribution is 2.38. The lowest BCUT2D eigenvalue weighted by molar-refractivity contribution is -0.141. The van der Waals surface area contributed by atoms with Crippen molar-refractivity contribution in [3.63, 3.8) is 0 Å². The molecule has 0 spiro atoms. The second kappa shape index (κ2) is 5.03. The largest absolute Gasteiger partial charge is 0.481 e. The van der Waals surface area contributed by atoms with Gasteiger partial charge in [-0.2, -0.15) is 13.2 Å². The summed E-state index contributed by atoms with van der Waals surface area (Å²) in [5.41, 5.74) is -0.877. The molecule has 0 amide bonds. The summed E-state index contributed by atoms with van der Waals surface area (Å²) in [4.78, 5) is 14.0. The van der Waals surface area contributed by atoms with Gasteiger partial charge in [-0.25, -0.2) is 4.98 Å². The molecule has 0 aliphatic heterocycles. The zero-order chi connectivity index (χ0) is 13.2. The Morgan fingerprint density at radius 1 is 1.47 bits per heavy atom. The van der Waals surface area contributed by atoms with E-state index in [2.05, 4.69) is 4.98 Å². The number of nitrogens with zero attached hydrogens (tertiary/aromatic N) is 1. The van der Waals surface area contributed by atoms with E-state index in [1.165, 1.54) is 0 Å². The first kappa shape index (κ1) is 14.0. The summed E-state index contributed by atoms with van der Waals surface area (Å²) in [6.07, 6.45) is -4.64. The molecule has 3 nitrogen and oxygen atoms in total. The van der Waals surface area contributed by atoms with Gasteiger partial charge in [0.2, 0.25) is 0 Å². The van der Waals surface area contributed by atoms with Crippen molar-refractivity contribution in [1.29, 1.82) is 0 Å². The maximum absolute atomic E-state index is 12.6. The quantitative estimate of drug-likeness (QED) is 0.910. The lowest BCUT2D eigenvalue weighted by Crippen LogP contribution is -2.09. The maximum atomic E-state index is 12.6. The topological polar surface area (TPSA) is 50.2 Å². The van der Waals surface area contributed by atoms with Crippen LogP contribution in [0, 0.1) is 0 Å². The number of halogens is 3. The van der Waals surface area contributed by atoms with Crippen molar-refractivity contribution in [1.82, 2.24) is 4.98 Å². The fourth-order valence-corrected chi connectivity index (χ4v) is 2.38. The number of hydrogen-bond acceptors (Lipinski definition) is 3. The van der Waals surface area contributed by atoms with E-state index in [9.17, 15) is 18.0 Å². The Labute approximate surface area is 100 Å². The molecule has 0 aliphatic rings. The third kappa shape index (κ3) is 3.69. The standard InChI is InChI=1S/C10H12F3NO2S/c1-5(2)8-9(10(11,12)13)14-6(17-8)3-4-7(15)16/h5H,3-4H2,1-2H3,(H,15,16). The molecule has 0 fully saturated rings. The fourth-order valence-electron chi connectivity index (χ4n) is 1.29. The maximum Gasteiger partial charge on any atom is 0.434 e. The van der Waals surface area contributed by atoms with Crippen molar-refractivity contribution in [2.75, 3.05) is 0 Å². The van der Waals surface area contributed by atoms with Crippen LogP contribution >= 0.6 is 11.3 Å². The normalized spacial score (nSPS) is 12.1. The van der Waals surface area contributed by atoms with Crippen LogP contribution in [0.25, 0.3) is 0 Å². The molecule has 0 unspecified atom stereocenters. The van der Waals surface area contributed by atoms with Crippen LogP contribution in [-0.4, -0.2) is 16.1 Å². The van der Waals surface area contributed by atoms with Gasteiger partial charge in [-0.15, -0.1) is 11.3 Å². The van der Waals surface area contributed by atoms with E-state index in [4.69, 9.17) is 5.11 Å². The predicted octanol–water partition coefficient (Wildman–Crippen LogP) is 3.30. The third-order valence-electron chi connectivity index (χ3n) is 2.04. The van der Waals surface area contributed by atoms with Gasteiger partial charge >= 0.3 is 12.1 Å². The Bertz CT molecular complexity index is 412. The first-order valence-electron chi connectivity index (χ1n) is 5.00. The van der Waals surface area contributed by atoms with Crippen LogP contribution in [0.2, 0.25) is 0 Å². The molecule has 0 atom stereocenters. The van der Waals surface area contributed by atoms with Crippen LogP contribution in [0.15, 0.2) is 0 Å². The number of hydrogen-bond donors (Lipinski definition) is 1. The summed E-state index contributed by atoms with van der Waals surface area (Å²) in [6, 6.07) is 0. The number of carboxylic acids is 1. The van der Waals surface area contributed by atoms with E-state index in [1.54, 1.807) is 13.8 Å². The number of aryl methyl sites for hydroxylation is 1. The van der Waals surface area contributed by atoms with E-state index in [0.29, 0.717) is 0 Å². The zero-order valence-corrected chi connectivity index (χ0v) is 10.2. The van der Waals surface area contributed by atoms with Crippen molar-refractivity contribution in [2.24, 2.45) is 0 Å². The molecule has 7 heteroatoms. The molecule has 1 aromatic rings. The fraction of sp³-hybridized carbons (Fsp3) is 0.600. The minimum Gasteiger partial charge on any atom is -0.481 e. The molecule has 0 aromatic carbocycles. The first-order chi connectivity index (χ1) is 7.71. The average molecular weight is 267 g/mol. The molecule has 0 aliphatic carbocycles. The second-order valence-electron chi connectivity index (χ2n) is 3.87. The summed E-state index contributed by atoms with van der Waals surface area (Å²) < 4.78 is 37.9. The van der Waals surface area contributed by atoms with Gasteiger partial charge in [0.15, 0.2) is 5.69 Å². The molecular weight excluding hydrogens is 255 g/mol. The van der Waals surface area contributed by atoms with Crippen LogP contribution in [-0.2, 0) is 17.4 Å². The predicted molar refractivity (Wildman–Crippen MR) is 57.2 cm³/mol. The van der Waals surface area contributed by atoms with Crippen molar-refractivity contribution < 1.29 is 23.1 Å². The van der Waals surface area contributed by atoms with Gasteiger partial charge in [-0.3, -0.25) is 4.79 Å². The summed E-state index contributed by atoms with van der Waals surface area (Å²) in [6.45, 7) is 3.31. The van der Waals surface area contributed by atoms with Crippen LogP contribution < -0.4 is 0 Å². The summed E-state index contributed by atoms with van der Waals surface area (Å²) in [5.74, 6) is -1.32. The SMILES string of the molecule is CC(C)c1sc(CCC(=O)O)nc1C(F)(F)F. The van der Waals surface area contributed by atoms with Crippen LogP contribution in [0.1, 0.15) is 41.8 Å². The van der Waals surface area contributed by atoms with Crippen LogP contribution in [0.5, 0.6) is 0 Å². The molecule has 1 rings (SSSR count). The van der Waals surface area contributed by atoms with Gasteiger partial charge in [-0.05, 0) is 5.92 Å². The average Bonchev–Trinajstić information content (AvgIpc) is 2.57. The van der Waals surface area contributed by atoms with Crippen molar-refractivity contribution in [3.05, 3.63) is 15.6 Å². The number of rotatable bonds is 4. The monoisotopic (exact) mass is 267 g/mol. The summed E-state index contributed by atoms with van der Waals surface area (Å²) in [7, 11) is 0. The van der Waals surface area contributed by atoms with Crippen LogP contribution in [0.3, 0.4) is 0 Å². The molecule has 1 N–H and O–H groups in total.